The summed E-state index contributed by atoms with van der Waals surface area (Å²) < 4.78 is 12.6. The monoisotopic (exact) mass is 436 g/mol. The van der Waals surface area contributed by atoms with Gasteiger partial charge in [-0.25, -0.2) is 0 Å². The Morgan fingerprint density at radius 1 is 1.31 bits per heavy atom. The normalized spacial score (nSPS) is 14.0. The molecule has 1 fully saturated rings. The molecule has 9 heteroatoms. The summed E-state index contributed by atoms with van der Waals surface area (Å²) in [4.78, 5) is 12.5. The van der Waals surface area contributed by atoms with E-state index in [-0.39, 0.29) is 11.7 Å². The number of carbonyl (C=O) groups is 1. The van der Waals surface area contributed by atoms with Crippen molar-refractivity contribution < 1.29 is 14.3 Å². The number of methoxy groups -OCH3 is 2. The molecule has 1 saturated carbocycles. The first-order valence-corrected chi connectivity index (χ1v) is 10.8. The molecule has 0 saturated heterocycles. The van der Waals surface area contributed by atoms with E-state index in [0.717, 1.165) is 23.8 Å². The van der Waals surface area contributed by atoms with Crippen molar-refractivity contribution in [3.63, 3.8) is 0 Å². The van der Waals surface area contributed by atoms with Gasteiger partial charge in [-0.2, -0.15) is 0 Å². The molecule has 7 nitrogen and oxygen atoms in total. The minimum Gasteiger partial charge on any atom is -0.495 e. The van der Waals surface area contributed by atoms with E-state index < -0.39 is 0 Å². The lowest BCUT2D eigenvalue weighted by atomic mass is 10.1. The van der Waals surface area contributed by atoms with E-state index in [9.17, 15) is 4.79 Å². The number of benzene rings is 1. The Balaban J connectivity index is 1.69. The summed E-state index contributed by atoms with van der Waals surface area (Å²) >= 11 is 7.47. The van der Waals surface area contributed by atoms with Crippen LogP contribution >= 0.6 is 23.4 Å². The maximum absolute atomic E-state index is 12.5. The standard InChI is InChI=1S/C20H25ClN4O3S/c1-4-9-25-19(13-7-5-6-8-13)23-24-20(25)29-12-18(26)22-15-11-16(27-2)14(21)10-17(15)28-3/h4,10-11,13H,1,5-9,12H2,2-3H3,(H,22,26). The molecule has 1 amide bonds. The molecule has 0 atom stereocenters. The summed E-state index contributed by atoms with van der Waals surface area (Å²) in [5.41, 5.74) is 0.499. The van der Waals surface area contributed by atoms with Crippen molar-refractivity contribution >= 4 is 35.0 Å². The van der Waals surface area contributed by atoms with Gasteiger partial charge in [-0.05, 0) is 12.8 Å². The van der Waals surface area contributed by atoms with Crippen molar-refractivity contribution in [2.45, 2.75) is 43.3 Å². The number of anilines is 1. The summed E-state index contributed by atoms with van der Waals surface area (Å²) in [7, 11) is 3.04. The molecule has 1 N–H and O–H groups in total. The number of aromatic nitrogens is 3. The zero-order chi connectivity index (χ0) is 20.8. The Morgan fingerprint density at radius 2 is 2.03 bits per heavy atom. The number of allylic oxidation sites excluding steroid dienone is 1. The first kappa shape index (κ1) is 21.5. The lowest BCUT2D eigenvalue weighted by molar-refractivity contribution is -0.113. The van der Waals surface area contributed by atoms with Crippen LogP contribution in [0.15, 0.2) is 29.9 Å². The van der Waals surface area contributed by atoms with E-state index in [4.69, 9.17) is 21.1 Å². The molecule has 1 aromatic heterocycles. The average molecular weight is 437 g/mol. The van der Waals surface area contributed by atoms with Gasteiger partial charge in [0.2, 0.25) is 5.91 Å². The number of nitrogens with one attached hydrogen (secondary N) is 1. The maximum atomic E-state index is 12.5. The predicted octanol–water partition coefficient (Wildman–Crippen LogP) is 4.52. The Labute approximate surface area is 179 Å². The average Bonchev–Trinajstić information content (AvgIpc) is 3.37. The minimum atomic E-state index is -0.187. The van der Waals surface area contributed by atoms with Crippen molar-refractivity contribution in [1.82, 2.24) is 14.8 Å². The summed E-state index contributed by atoms with van der Waals surface area (Å²) in [6.45, 7) is 4.47. The van der Waals surface area contributed by atoms with Crippen LogP contribution in [0.25, 0.3) is 0 Å². The molecule has 1 heterocycles. The molecule has 0 unspecified atom stereocenters. The zero-order valence-corrected chi connectivity index (χ0v) is 18.2. The largest absolute Gasteiger partial charge is 0.495 e. The van der Waals surface area contributed by atoms with Gasteiger partial charge in [0.15, 0.2) is 5.16 Å². The Morgan fingerprint density at radius 3 is 2.69 bits per heavy atom. The molecule has 0 aliphatic heterocycles. The second-order valence-corrected chi connectivity index (χ2v) is 8.10. The quantitative estimate of drug-likeness (QED) is 0.459. The number of ether oxygens (including phenoxy) is 2. The smallest absolute Gasteiger partial charge is 0.234 e. The van der Waals surface area contributed by atoms with E-state index in [2.05, 4.69) is 26.7 Å². The molecule has 0 bridgehead atoms. The van der Waals surface area contributed by atoms with Gasteiger partial charge >= 0.3 is 0 Å². The SMILES string of the molecule is C=CCn1c(SCC(=O)Nc2cc(OC)c(Cl)cc2OC)nnc1C1CCCC1. The minimum absolute atomic E-state index is 0.187. The van der Waals surface area contributed by atoms with E-state index >= 15 is 0 Å². The van der Waals surface area contributed by atoms with Crippen molar-refractivity contribution in [1.29, 1.82) is 0 Å². The molecular formula is C20H25ClN4O3S. The number of carbonyl (C=O) groups excluding carboxylic acids is 1. The Bertz CT molecular complexity index is 881. The molecule has 0 radical (unpaired) electrons. The lowest BCUT2D eigenvalue weighted by Gasteiger charge is -2.13. The second kappa shape index (κ2) is 10.0. The van der Waals surface area contributed by atoms with Crippen molar-refractivity contribution in [3.05, 3.63) is 35.6 Å². The van der Waals surface area contributed by atoms with Crippen LogP contribution < -0.4 is 14.8 Å². The van der Waals surface area contributed by atoms with Crippen LogP contribution in [0.3, 0.4) is 0 Å². The number of amides is 1. The number of rotatable bonds is 9. The van der Waals surface area contributed by atoms with E-state index in [1.807, 2.05) is 6.08 Å². The summed E-state index contributed by atoms with van der Waals surface area (Å²) in [5.74, 6) is 2.36. The molecule has 3 rings (SSSR count). The first-order chi connectivity index (χ1) is 14.1. The molecular weight excluding hydrogens is 412 g/mol. The fourth-order valence-electron chi connectivity index (χ4n) is 3.47. The molecule has 1 aliphatic rings. The predicted molar refractivity (Wildman–Crippen MR) is 115 cm³/mol. The Kier molecular flexibility index (Phi) is 7.44. The highest BCUT2D eigenvalue weighted by Crippen LogP contribution is 2.36. The zero-order valence-electron chi connectivity index (χ0n) is 16.6. The van der Waals surface area contributed by atoms with Crippen LogP contribution in [0.1, 0.15) is 37.4 Å². The summed E-state index contributed by atoms with van der Waals surface area (Å²) in [6, 6.07) is 3.25. The fraction of sp³-hybridized carbons (Fsp3) is 0.450. The highest BCUT2D eigenvalue weighted by Gasteiger charge is 2.24. The van der Waals surface area contributed by atoms with Gasteiger partial charge in [-0.3, -0.25) is 4.79 Å². The van der Waals surface area contributed by atoms with Crippen molar-refractivity contribution in [3.8, 4) is 11.5 Å². The molecule has 2 aromatic rings. The van der Waals surface area contributed by atoms with E-state index in [0.29, 0.717) is 34.7 Å². The van der Waals surface area contributed by atoms with Gasteiger partial charge in [-0.15, -0.1) is 16.8 Å². The van der Waals surface area contributed by atoms with Crippen LogP contribution in [-0.2, 0) is 11.3 Å². The van der Waals surface area contributed by atoms with E-state index in [1.54, 1.807) is 12.1 Å². The summed E-state index contributed by atoms with van der Waals surface area (Å²) in [6.07, 6.45) is 6.56. The molecule has 0 spiro atoms. The number of halogens is 1. The molecule has 1 aromatic carbocycles. The van der Waals surface area contributed by atoms with Gasteiger partial charge in [-0.1, -0.05) is 42.3 Å². The highest BCUT2D eigenvalue weighted by molar-refractivity contribution is 7.99. The first-order valence-electron chi connectivity index (χ1n) is 9.45. The van der Waals surface area contributed by atoms with E-state index in [1.165, 1.54) is 38.8 Å². The number of hydrogen-bond acceptors (Lipinski definition) is 6. The molecule has 29 heavy (non-hydrogen) atoms. The topological polar surface area (TPSA) is 78.3 Å². The third kappa shape index (κ3) is 5.05. The second-order valence-electron chi connectivity index (χ2n) is 6.75. The van der Waals surface area contributed by atoms with Gasteiger partial charge < -0.3 is 19.4 Å². The van der Waals surface area contributed by atoms with Gasteiger partial charge in [0.05, 0.1) is 30.7 Å². The molecule has 1 aliphatic carbocycles. The number of hydrogen-bond donors (Lipinski definition) is 1. The third-order valence-corrected chi connectivity index (χ3v) is 6.12. The van der Waals surface area contributed by atoms with Crippen molar-refractivity contribution in [2.24, 2.45) is 0 Å². The van der Waals surface area contributed by atoms with Crippen LogP contribution in [-0.4, -0.2) is 40.6 Å². The summed E-state index contributed by atoms with van der Waals surface area (Å²) in [5, 5.41) is 12.7. The van der Waals surface area contributed by atoms with Gasteiger partial charge in [0, 0.05) is 24.6 Å². The van der Waals surface area contributed by atoms with Gasteiger partial charge in [0.1, 0.15) is 17.3 Å². The van der Waals surface area contributed by atoms with Gasteiger partial charge in [0.25, 0.3) is 0 Å². The van der Waals surface area contributed by atoms with Crippen LogP contribution in [0.4, 0.5) is 5.69 Å². The van der Waals surface area contributed by atoms with Crippen LogP contribution in [0.5, 0.6) is 11.5 Å². The highest BCUT2D eigenvalue weighted by atomic mass is 35.5. The Hall–Kier alpha value is -2.19. The third-order valence-electron chi connectivity index (χ3n) is 4.86. The maximum Gasteiger partial charge on any atom is 0.234 e. The number of nitrogens with zero attached hydrogens (tertiary/aromatic N) is 3. The molecule has 156 valence electrons. The fourth-order valence-corrected chi connectivity index (χ4v) is 4.45. The van der Waals surface area contributed by atoms with Crippen LogP contribution in [0, 0.1) is 0 Å². The number of thioether (sulfide) groups is 1. The lowest BCUT2D eigenvalue weighted by Crippen LogP contribution is -2.15. The van der Waals surface area contributed by atoms with Crippen molar-refractivity contribution in [2.75, 3.05) is 25.3 Å². The van der Waals surface area contributed by atoms with Crippen LogP contribution in [0.2, 0.25) is 5.02 Å².